The summed E-state index contributed by atoms with van der Waals surface area (Å²) >= 11 is 0. The minimum atomic E-state index is -1.04. The number of rotatable bonds is 2. The zero-order valence-corrected chi connectivity index (χ0v) is 17.1. The SMILES string of the molecule is Cc1cccc(NC(=O)N[C@@H]2N=C(N3CCOCC3)c3ccccc3N(C)C2=O)c1. The van der Waals surface area contributed by atoms with Gasteiger partial charge in [-0.1, -0.05) is 24.3 Å². The summed E-state index contributed by atoms with van der Waals surface area (Å²) in [6.07, 6.45) is -1.04. The van der Waals surface area contributed by atoms with E-state index in [2.05, 4.69) is 15.5 Å². The summed E-state index contributed by atoms with van der Waals surface area (Å²) in [5.74, 6) is 0.387. The van der Waals surface area contributed by atoms with Gasteiger partial charge in [0.25, 0.3) is 5.91 Å². The second-order valence-corrected chi connectivity index (χ2v) is 7.34. The molecule has 2 aromatic rings. The van der Waals surface area contributed by atoms with Crippen molar-refractivity contribution in [1.82, 2.24) is 10.2 Å². The highest BCUT2D eigenvalue weighted by molar-refractivity contribution is 6.12. The molecule has 0 bridgehead atoms. The molecule has 8 heteroatoms. The first-order chi connectivity index (χ1) is 14.5. The number of fused-ring (bicyclic) bond motifs is 1. The Hall–Kier alpha value is -3.39. The van der Waals surface area contributed by atoms with E-state index in [9.17, 15) is 9.59 Å². The molecule has 30 heavy (non-hydrogen) atoms. The number of aryl methyl sites for hydroxylation is 1. The fourth-order valence-electron chi connectivity index (χ4n) is 3.64. The van der Waals surface area contributed by atoms with E-state index in [4.69, 9.17) is 9.73 Å². The van der Waals surface area contributed by atoms with Crippen LogP contribution in [0.15, 0.2) is 53.5 Å². The number of para-hydroxylation sites is 1. The van der Waals surface area contributed by atoms with Crippen LogP contribution in [0.5, 0.6) is 0 Å². The number of urea groups is 1. The van der Waals surface area contributed by atoms with Gasteiger partial charge in [-0.3, -0.25) is 4.79 Å². The normalized spacial score (nSPS) is 18.9. The maximum atomic E-state index is 13.1. The number of carbonyl (C=O) groups excluding carboxylic acids is 2. The van der Waals surface area contributed by atoms with Crippen molar-refractivity contribution in [2.75, 3.05) is 43.6 Å². The predicted molar refractivity (Wildman–Crippen MR) is 116 cm³/mol. The van der Waals surface area contributed by atoms with Crippen molar-refractivity contribution in [3.63, 3.8) is 0 Å². The smallest absolute Gasteiger partial charge is 0.321 e. The summed E-state index contributed by atoms with van der Waals surface area (Å²) in [6.45, 7) is 4.48. The monoisotopic (exact) mass is 407 g/mol. The lowest BCUT2D eigenvalue weighted by Crippen LogP contribution is -2.48. The molecule has 0 saturated carbocycles. The molecule has 0 aliphatic carbocycles. The average molecular weight is 407 g/mol. The van der Waals surface area contributed by atoms with E-state index in [0.29, 0.717) is 37.8 Å². The molecule has 2 aromatic carbocycles. The highest BCUT2D eigenvalue weighted by atomic mass is 16.5. The number of benzodiazepines with no additional fused rings is 1. The predicted octanol–water partition coefficient (Wildman–Crippen LogP) is 2.20. The van der Waals surface area contributed by atoms with Crippen LogP contribution in [0.3, 0.4) is 0 Å². The third kappa shape index (κ3) is 4.13. The van der Waals surface area contributed by atoms with E-state index in [1.165, 1.54) is 0 Å². The van der Waals surface area contributed by atoms with Crippen molar-refractivity contribution in [1.29, 1.82) is 0 Å². The maximum absolute atomic E-state index is 13.1. The van der Waals surface area contributed by atoms with Gasteiger partial charge in [0.2, 0.25) is 6.17 Å². The Morgan fingerprint density at radius 1 is 1.13 bits per heavy atom. The number of anilines is 2. The topological polar surface area (TPSA) is 86.3 Å². The number of carbonyl (C=O) groups is 2. The van der Waals surface area contributed by atoms with Gasteiger partial charge in [-0.25, -0.2) is 9.79 Å². The lowest BCUT2D eigenvalue weighted by Gasteiger charge is -2.30. The summed E-state index contributed by atoms with van der Waals surface area (Å²) < 4.78 is 5.47. The first-order valence-electron chi connectivity index (χ1n) is 9.94. The number of amides is 3. The lowest BCUT2D eigenvalue weighted by atomic mass is 10.1. The highest BCUT2D eigenvalue weighted by Crippen LogP contribution is 2.26. The molecule has 0 aromatic heterocycles. The molecule has 2 aliphatic rings. The molecule has 3 amide bonds. The molecule has 1 saturated heterocycles. The number of likely N-dealkylation sites (N-methyl/N-ethyl adjacent to an activating group) is 1. The number of benzene rings is 2. The van der Waals surface area contributed by atoms with Gasteiger partial charge in [0.05, 0.1) is 18.9 Å². The number of hydrogen-bond acceptors (Lipinski definition) is 5. The van der Waals surface area contributed by atoms with Crippen LogP contribution in [0.2, 0.25) is 0 Å². The van der Waals surface area contributed by atoms with E-state index in [-0.39, 0.29) is 5.91 Å². The molecule has 0 spiro atoms. The fourth-order valence-corrected chi connectivity index (χ4v) is 3.64. The van der Waals surface area contributed by atoms with Crippen LogP contribution in [-0.2, 0) is 9.53 Å². The molecule has 1 atom stereocenters. The zero-order valence-electron chi connectivity index (χ0n) is 17.1. The van der Waals surface area contributed by atoms with Crippen molar-refractivity contribution in [3.8, 4) is 0 Å². The molecular formula is C22H25N5O3. The fraction of sp³-hybridized carbons (Fsp3) is 0.318. The third-order valence-electron chi connectivity index (χ3n) is 5.18. The quantitative estimate of drug-likeness (QED) is 0.799. The molecule has 2 aliphatic heterocycles. The lowest BCUT2D eigenvalue weighted by molar-refractivity contribution is -0.119. The van der Waals surface area contributed by atoms with Gasteiger partial charge in [0.1, 0.15) is 5.84 Å². The van der Waals surface area contributed by atoms with Gasteiger partial charge < -0.3 is 25.2 Å². The number of aliphatic imine (C=N–C) groups is 1. The Morgan fingerprint density at radius 2 is 1.90 bits per heavy atom. The van der Waals surface area contributed by atoms with Crippen molar-refractivity contribution in [2.45, 2.75) is 13.1 Å². The number of nitrogens with zero attached hydrogens (tertiary/aromatic N) is 3. The zero-order chi connectivity index (χ0) is 21.1. The van der Waals surface area contributed by atoms with Gasteiger partial charge in [0, 0.05) is 31.4 Å². The van der Waals surface area contributed by atoms with Gasteiger partial charge in [-0.15, -0.1) is 0 Å². The molecule has 2 heterocycles. The number of morpholine rings is 1. The van der Waals surface area contributed by atoms with E-state index in [1.54, 1.807) is 18.0 Å². The van der Waals surface area contributed by atoms with Crippen molar-refractivity contribution in [2.24, 2.45) is 4.99 Å². The first kappa shape index (κ1) is 19.9. The molecule has 0 radical (unpaired) electrons. The summed E-state index contributed by atoms with van der Waals surface area (Å²) in [5, 5.41) is 5.50. The Balaban J connectivity index is 1.63. The van der Waals surface area contributed by atoms with Crippen molar-refractivity contribution >= 4 is 29.1 Å². The Morgan fingerprint density at radius 3 is 2.67 bits per heavy atom. The standard InChI is InChI=1S/C22H25N5O3/c1-15-6-5-7-16(14-15)23-22(29)25-19-21(28)26(2)18-9-4-3-8-17(18)20(24-19)27-10-12-30-13-11-27/h3-9,14,19H,10-13H2,1-2H3,(H2,23,25,29)/t19-/m0/s1. The number of nitrogens with one attached hydrogen (secondary N) is 2. The first-order valence-corrected chi connectivity index (χ1v) is 9.94. The molecule has 4 rings (SSSR count). The van der Waals surface area contributed by atoms with Crippen LogP contribution in [0.25, 0.3) is 0 Å². The van der Waals surface area contributed by atoms with Crippen LogP contribution in [-0.4, -0.2) is 62.2 Å². The van der Waals surface area contributed by atoms with Crippen LogP contribution in [0.1, 0.15) is 11.1 Å². The molecule has 2 N–H and O–H groups in total. The van der Waals surface area contributed by atoms with Crippen LogP contribution < -0.4 is 15.5 Å². The molecule has 0 unspecified atom stereocenters. The molecule has 1 fully saturated rings. The van der Waals surface area contributed by atoms with Gasteiger partial charge in [-0.05, 0) is 36.8 Å². The van der Waals surface area contributed by atoms with Gasteiger partial charge in [0.15, 0.2) is 0 Å². The maximum Gasteiger partial charge on any atom is 0.321 e. The van der Waals surface area contributed by atoms with E-state index in [0.717, 1.165) is 16.8 Å². The molecule has 8 nitrogen and oxygen atoms in total. The van der Waals surface area contributed by atoms with Crippen molar-refractivity contribution in [3.05, 3.63) is 59.7 Å². The summed E-state index contributed by atoms with van der Waals surface area (Å²) in [6, 6.07) is 14.6. The molecular weight excluding hydrogens is 382 g/mol. The Kier molecular flexibility index (Phi) is 5.67. The Labute approximate surface area is 175 Å². The minimum Gasteiger partial charge on any atom is -0.378 e. The van der Waals surface area contributed by atoms with E-state index in [1.807, 2.05) is 49.4 Å². The number of amidine groups is 1. The number of ether oxygens (including phenoxy) is 1. The van der Waals surface area contributed by atoms with Gasteiger partial charge >= 0.3 is 6.03 Å². The summed E-state index contributed by atoms with van der Waals surface area (Å²) in [4.78, 5) is 34.1. The minimum absolute atomic E-state index is 0.301. The number of hydrogen-bond donors (Lipinski definition) is 2. The second-order valence-electron chi connectivity index (χ2n) is 7.34. The van der Waals surface area contributed by atoms with Crippen LogP contribution >= 0.6 is 0 Å². The van der Waals surface area contributed by atoms with E-state index < -0.39 is 12.2 Å². The highest BCUT2D eigenvalue weighted by Gasteiger charge is 2.32. The van der Waals surface area contributed by atoms with Crippen LogP contribution in [0.4, 0.5) is 16.2 Å². The average Bonchev–Trinajstić information content (AvgIpc) is 2.85. The second kappa shape index (κ2) is 8.54. The Bertz CT molecular complexity index is 984. The molecule has 156 valence electrons. The van der Waals surface area contributed by atoms with Gasteiger partial charge in [-0.2, -0.15) is 0 Å². The largest absolute Gasteiger partial charge is 0.378 e. The van der Waals surface area contributed by atoms with Crippen molar-refractivity contribution < 1.29 is 14.3 Å². The van der Waals surface area contributed by atoms with E-state index >= 15 is 0 Å². The summed E-state index contributed by atoms with van der Waals surface area (Å²) in [5.41, 5.74) is 3.30. The summed E-state index contributed by atoms with van der Waals surface area (Å²) in [7, 11) is 1.70. The van der Waals surface area contributed by atoms with Crippen LogP contribution in [0, 0.1) is 6.92 Å². The third-order valence-corrected chi connectivity index (χ3v) is 5.18.